The van der Waals surface area contributed by atoms with Crippen molar-refractivity contribution in [1.29, 1.82) is 0 Å². The lowest BCUT2D eigenvalue weighted by Crippen LogP contribution is -2.40. The molecule has 2 aromatic carbocycles. The van der Waals surface area contributed by atoms with Crippen molar-refractivity contribution in [2.45, 2.75) is 6.42 Å². The van der Waals surface area contributed by atoms with Crippen molar-refractivity contribution in [2.75, 3.05) is 39.5 Å². The van der Waals surface area contributed by atoms with E-state index < -0.39 is 6.09 Å². The summed E-state index contributed by atoms with van der Waals surface area (Å²) in [6.45, 7) is 2.89. The molecular weight excluding hydrogens is 396 g/mol. The Hall–Kier alpha value is -2.77. The molecule has 0 atom stereocenters. The van der Waals surface area contributed by atoms with Gasteiger partial charge in [-0.25, -0.2) is 4.79 Å². The van der Waals surface area contributed by atoms with Gasteiger partial charge in [0.15, 0.2) is 0 Å². The zero-order valence-electron chi connectivity index (χ0n) is 15.9. The number of ether oxygens (including phenoxy) is 3. The molecule has 0 bridgehead atoms. The van der Waals surface area contributed by atoms with E-state index in [2.05, 4.69) is 0 Å². The Morgan fingerprint density at radius 3 is 2.48 bits per heavy atom. The van der Waals surface area contributed by atoms with E-state index in [-0.39, 0.29) is 12.5 Å². The fraction of sp³-hybridized carbons (Fsp3) is 0.333. The van der Waals surface area contributed by atoms with Gasteiger partial charge in [-0.05, 0) is 35.9 Å². The number of carbonyl (C=O) groups is 2. The highest BCUT2D eigenvalue weighted by molar-refractivity contribution is 6.31. The van der Waals surface area contributed by atoms with Gasteiger partial charge >= 0.3 is 6.09 Å². The lowest BCUT2D eigenvalue weighted by molar-refractivity contribution is 0.0303. The van der Waals surface area contributed by atoms with E-state index in [1.165, 1.54) is 0 Å². The van der Waals surface area contributed by atoms with Gasteiger partial charge in [0.25, 0.3) is 5.91 Å². The molecule has 0 aliphatic carbocycles. The number of nitrogens with zero attached hydrogens (tertiary/aromatic N) is 1. The number of morpholine rings is 1. The number of primary amides is 1. The summed E-state index contributed by atoms with van der Waals surface area (Å²) in [7, 11) is 0. The average molecular weight is 419 g/mol. The third-order valence-corrected chi connectivity index (χ3v) is 4.71. The zero-order chi connectivity index (χ0) is 20.6. The molecule has 3 rings (SSSR count). The summed E-state index contributed by atoms with van der Waals surface area (Å²) in [5, 5.41) is 0.581. The minimum absolute atomic E-state index is 0.00290. The number of hydrogen-bond acceptors (Lipinski definition) is 5. The molecule has 1 fully saturated rings. The molecule has 0 saturated carbocycles. The number of rotatable bonds is 7. The molecule has 2 N–H and O–H groups in total. The van der Waals surface area contributed by atoms with Crippen LogP contribution in [0, 0.1) is 0 Å². The second kappa shape index (κ2) is 10.1. The molecule has 29 heavy (non-hydrogen) atoms. The van der Waals surface area contributed by atoms with E-state index in [4.69, 9.17) is 31.5 Å². The van der Waals surface area contributed by atoms with Gasteiger partial charge in [-0.15, -0.1) is 0 Å². The van der Waals surface area contributed by atoms with Crippen molar-refractivity contribution >= 4 is 23.6 Å². The third kappa shape index (κ3) is 5.85. The first kappa shape index (κ1) is 21.0. The number of amides is 2. The Morgan fingerprint density at radius 2 is 1.79 bits per heavy atom. The Bertz CT molecular complexity index is 851. The van der Waals surface area contributed by atoms with E-state index >= 15 is 0 Å². The fourth-order valence-corrected chi connectivity index (χ4v) is 3.18. The van der Waals surface area contributed by atoms with Crippen molar-refractivity contribution in [2.24, 2.45) is 5.73 Å². The van der Waals surface area contributed by atoms with Crippen LogP contribution in [-0.4, -0.2) is 56.4 Å². The first-order chi connectivity index (χ1) is 14.0. The molecule has 0 aromatic heterocycles. The van der Waals surface area contributed by atoms with Crippen molar-refractivity contribution in [1.82, 2.24) is 4.90 Å². The molecule has 0 unspecified atom stereocenters. The SMILES string of the molecule is NC(=O)OCCCOc1ccc(Cl)cc1-c1ccc(C(=O)N2CCOCC2)cc1. The van der Waals surface area contributed by atoms with E-state index in [9.17, 15) is 9.59 Å². The van der Waals surface area contributed by atoms with Crippen LogP contribution in [0.4, 0.5) is 4.79 Å². The molecule has 1 heterocycles. The lowest BCUT2D eigenvalue weighted by atomic mass is 10.0. The van der Waals surface area contributed by atoms with Gasteiger partial charge in [0.1, 0.15) is 5.75 Å². The van der Waals surface area contributed by atoms with Gasteiger partial charge in [0.05, 0.1) is 26.4 Å². The van der Waals surface area contributed by atoms with Gasteiger partial charge in [-0.2, -0.15) is 0 Å². The Morgan fingerprint density at radius 1 is 1.07 bits per heavy atom. The second-order valence-electron chi connectivity index (χ2n) is 6.49. The van der Waals surface area contributed by atoms with Crippen LogP contribution in [0.15, 0.2) is 42.5 Å². The molecular formula is C21H23ClN2O5. The van der Waals surface area contributed by atoms with Crippen LogP contribution < -0.4 is 10.5 Å². The number of halogens is 1. The summed E-state index contributed by atoms with van der Waals surface area (Å²) in [5.74, 6) is 0.651. The summed E-state index contributed by atoms with van der Waals surface area (Å²) in [6.07, 6.45) is -0.290. The maximum atomic E-state index is 12.6. The summed E-state index contributed by atoms with van der Waals surface area (Å²) in [4.78, 5) is 25.0. The van der Waals surface area contributed by atoms with Crippen molar-refractivity contribution in [3.05, 3.63) is 53.1 Å². The molecule has 2 amide bonds. The van der Waals surface area contributed by atoms with E-state index in [0.717, 1.165) is 11.1 Å². The molecule has 1 saturated heterocycles. The molecule has 8 heteroatoms. The number of benzene rings is 2. The molecule has 1 aliphatic heterocycles. The zero-order valence-corrected chi connectivity index (χ0v) is 16.7. The van der Waals surface area contributed by atoms with E-state index in [1.807, 2.05) is 18.2 Å². The maximum Gasteiger partial charge on any atom is 0.404 e. The van der Waals surface area contributed by atoms with Gasteiger partial charge in [0, 0.05) is 35.7 Å². The predicted molar refractivity (Wildman–Crippen MR) is 109 cm³/mol. The highest BCUT2D eigenvalue weighted by Gasteiger charge is 2.18. The van der Waals surface area contributed by atoms with Gasteiger partial charge in [-0.3, -0.25) is 4.79 Å². The quantitative estimate of drug-likeness (QED) is 0.696. The van der Waals surface area contributed by atoms with Crippen LogP contribution in [0.3, 0.4) is 0 Å². The summed E-state index contributed by atoms with van der Waals surface area (Å²) >= 11 is 6.17. The number of nitrogens with two attached hydrogens (primary N) is 1. The van der Waals surface area contributed by atoms with Gasteiger partial charge in [-0.1, -0.05) is 23.7 Å². The summed E-state index contributed by atoms with van der Waals surface area (Å²) in [5.41, 5.74) is 7.26. The number of carbonyl (C=O) groups excluding carboxylic acids is 2. The van der Waals surface area contributed by atoms with Crippen LogP contribution in [0.5, 0.6) is 5.75 Å². The molecule has 1 aliphatic rings. The molecule has 2 aromatic rings. The van der Waals surface area contributed by atoms with Crippen LogP contribution in [0.25, 0.3) is 11.1 Å². The van der Waals surface area contributed by atoms with Crippen molar-refractivity contribution < 1.29 is 23.8 Å². The first-order valence-electron chi connectivity index (χ1n) is 9.36. The highest BCUT2D eigenvalue weighted by Crippen LogP contribution is 2.33. The second-order valence-corrected chi connectivity index (χ2v) is 6.93. The minimum atomic E-state index is -0.802. The highest BCUT2D eigenvalue weighted by atomic mass is 35.5. The van der Waals surface area contributed by atoms with Crippen LogP contribution >= 0.6 is 11.6 Å². The van der Waals surface area contributed by atoms with Gasteiger partial charge < -0.3 is 24.8 Å². The molecule has 7 nitrogen and oxygen atoms in total. The summed E-state index contributed by atoms with van der Waals surface area (Å²) in [6, 6.07) is 12.7. The molecule has 0 radical (unpaired) electrons. The average Bonchev–Trinajstić information content (AvgIpc) is 2.74. The molecule has 0 spiro atoms. The minimum Gasteiger partial charge on any atom is -0.493 e. The van der Waals surface area contributed by atoms with Crippen molar-refractivity contribution in [3.8, 4) is 16.9 Å². The normalized spacial score (nSPS) is 13.8. The van der Waals surface area contributed by atoms with E-state index in [1.54, 1.807) is 29.2 Å². The Kier molecular flexibility index (Phi) is 7.32. The van der Waals surface area contributed by atoms with Crippen LogP contribution in [0.2, 0.25) is 5.02 Å². The maximum absolute atomic E-state index is 12.6. The topological polar surface area (TPSA) is 91.1 Å². The van der Waals surface area contributed by atoms with Crippen molar-refractivity contribution in [3.63, 3.8) is 0 Å². The largest absolute Gasteiger partial charge is 0.493 e. The lowest BCUT2D eigenvalue weighted by Gasteiger charge is -2.26. The predicted octanol–water partition coefficient (Wildman–Crippen LogP) is 3.34. The Balaban J connectivity index is 1.69. The van der Waals surface area contributed by atoms with Crippen LogP contribution in [-0.2, 0) is 9.47 Å². The van der Waals surface area contributed by atoms with Crippen LogP contribution in [0.1, 0.15) is 16.8 Å². The number of hydrogen-bond donors (Lipinski definition) is 1. The van der Waals surface area contributed by atoms with E-state index in [0.29, 0.717) is 55.7 Å². The fourth-order valence-electron chi connectivity index (χ4n) is 3.01. The Labute approximate surface area is 174 Å². The summed E-state index contributed by atoms with van der Waals surface area (Å²) < 4.78 is 15.8. The third-order valence-electron chi connectivity index (χ3n) is 4.47. The first-order valence-corrected chi connectivity index (χ1v) is 9.74. The smallest absolute Gasteiger partial charge is 0.404 e. The van der Waals surface area contributed by atoms with Gasteiger partial charge in [0.2, 0.25) is 0 Å². The monoisotopic (exact) mass is 418 g/mol. The molecule has 154 valence electrons. The standard InChI is InChI=1S/C21H23ClN2O5/c22-17-6-7-19(28-10-1-11-29-21(23)26)18(14-17)15-2-4-16(5-3-15)20(25)24-8-12-27-13-9-24/h2-7,14H,1,8-13H2,(H2,23,26).